The Labute approximate surface area is 195 Å². The first-order chi connectivity index (χ1) is 15.2. The van der Waals surface area contributed by atoms with Gasteiger partial charge in [0.05, 0.1) is 10.9 Å². The highest BCUT2D eigenvalue weighted by molar-refractivity contribution is 7.93. The van der Waals surface area contributed by atoms with Crippen molar-refractivity contribution in [3.05, 3.63) is 59.0 Å². The quantitative estimate of drug-likeness (QED) is 0.267. The molecule has 1 aliphatic heterocycles. The third kappa shape index (κ3) is 6.13. The van der Waals surface area contributed by atoms with Crippen LogP contribution in [0.15, 0.2) is 59.0 Å². The lowest BCUT2D eigenvalue weighted by molar-refractivity contribution is -0.0447. The van der Waals surface area contributed by atoms with E-state index in [4.69, 9.17) is 11.6 Å². The summed E-state index contributed by atoms with van der Waals surface area (Å²) >= 11 is 6.09. The summed E-state index contributed by atoms with van der Waals surface area (Å²) in [5.41, 5.74) is 1.61. The number of hydrogen-bond acceptors (Lipinski definition) is 4. The summed E-state index contributed by atoms with van der Waals surface area (Å²) in [6.45, 7) is 3.65. The lowest BCUT2D eigenvalue weighted by Gasteiger charge is -2.32. The Balaban J connectivity index is 1.81. The van der Waals surface area contributed by atoms with Gasteiger partial charge in [-0.05, 0) is 62.9 Å². The minimum Gasteiger partial charge on any atom is -0.368 e. The summed E-state index contributed by atoms with van der Waals surface area (Å²) < 4.78 is 43.2. The first-order valence-corrected chi connectivity index (χ1v) is 13.2. The van der Waals surface area contributed by atoms with Crippen molar-refractivity contribution in [2.75, 3.05) is 0 Å². The molecule has 0 aromatic rings. The normalized spacial score (nSPS) is 27.3. The van der Waals surface area contributed by atoms with Gasteiger partial charge in [0, 0.05) is 24.4 Å². The Morgan fingerprint density at radius 1 is 1.28 bits per heavy atom. The second-order valence-electron chi connectivity index (χ2n) is 8.82. The van der Waals surface area contributed by atoms with Gasteiger partial charge in [-0.1, -0.05) is 36.5 Å². The Hall–Kier alpha value is -1.41. The molecule has 32 heavy (non-hydrogen) atoms. The summed E-state index contributed by atoms with van der Waals surface area (Å²) in [7, 11) is -3.76. The van der Waals surface area contributed by atoms with E-state index in [0.717, 1.165) is 24.0 Å². The molecular weight excluding hydrogens is 453 g/mol. The van der Waals surface area contributed by atoms with Gasteiger partial charge < -0.3 is 10.2 Å². The molecule has 0 spiro atoms. The number of alkyl halides is 1. The van der Waals surface area contributed by atoms with Crippen LogP contribution in [0.5, 0.6) is 0 Å². The fourth-order valence-electron chi connectivity index (χ4n) is 4.81. The molecule has 0 aromatic carbocycles. The standard InChI is InChI=1S/C24H33ClFNO4S/c1-2-3-4-7-20-13-17(9-12-24(28)29)16-27(20)32(30,31)21-8-5-6-18(14-21)22-11-10-19(25)15-23(22)26/h2-4,8,16,18-20,24,28-29H,1,5-7,9-15H2/b4-3-. The first-order valence-electron chi connectivity index (χ1n) is 11.3. The largest absolute Gasteiger partial charge is 0.368 e. The van der Waals surface area contributed by atoms with E-state index in [9.17, 15) is 23.0 Å². The zero-order valence-electron chi connectivity index (χ0n) is 18.3. The molecule has 3 atom stereocenters. The summed E-state index contributed by atoms with van der Waals surface area (Å²) in [6, 6.07) is -0.272. The molecule has 2 N–H and O–H groups in total. The van der Waals surface area contributed by atoms with Crippen molar-refractivity contribution in [3.63, 3.8) is 0 Å². The monoisotopic (exact) mass is 485 g/mol. The van der Waals surface area contributed by atoms with E-state index in [1.165, 1.54) is 4.31 Å². The van der Waals surface area contributed by atoms with Crippen LogP contribution in [0.3, 0.4) is 0 Å². The second-order valence-corrected chi connectivity index (χ2v) is 11.3. The van der Waals surface area contributed by atoms with Crippen LogP contribution in [0.1, 0.15) is 64.2 Å². The zero-order chi connectivity index (χ0) is 23.3. The van der Waals surface area contributed by atoms with Gasteiger partial charge in [-0.2, -0.15) is 0 Å². The van der Waals surface area contributed by atoms with Gasteiger partial charge in [-0.3, -0.25) is 4.31 Å². The Morgan fingerprint density at radius 3 is 2.75 bits per heavy atom. The van der Waals surface area contributed by atoms with Crippen LogP contribution >= 0.6 is 11.6 Å². The predicted molar refractivity (Wildman–Crippen MR) is 126 cm³/mol. The fourth-order valence-corrected chi connectivity index (χ4v) is 6.91. The van der Waals surface area contributed by atoms with Crippen molar-refractivity contribution in [2.45, 2.75) is 81.9 Å². The number of halogens is 2. The van der Waals surface area contributed by atoms with Gasteiger partial charge in [0.25, 0.3) is 10.0 Å². The van der Waals surface area contributed by atoms with Crippen molar-refractivity contribution in [3.8, 4) is 0 Å². The molecule has 0 saturated heterocycles. The molecule has 0 aromatic heterocycles. The molecule has 0 bridgehead atoms. The van der Waals surface area contributed by atoms with Gasteiger partial charge in [0.1, 0.15) is 5.83 Å². The number of rotatable bonds is 9. The molecule has 3 aliphatic rings. The van der Waals surface area contributed by atoms with Crippen LogP contribution in [-0.4, -0.2) is 40.6 Å². The van der Waals surface area contributed by atoms with Gasteiger partial charge in [0.2, 0.25) is 0 Å². The third-order valence-electron chi connectivity index (χ3n) is 6.48. The molecule has 8 heteroatoms. The molecular formula is C24H33ClFNO4S. The molecule has 0 fully saturated rings. The highest BCUT2D eigenvalue weighted by atomic mass is 35.5. The maximum absolute atomic E-state index is 14.6. The van der Waals surface area contributed by atoms with Gasteiger partial charge in [-0.15, -0.1) is 11.6 Å². The van der Waals surface area contributed by atoms with Crippen molar-refractivity contribution in [2.24, 2.45) is 5.92 Å². The van der Waals surface area contributed by atoms with E-state index in [1.807, 2.05) is 6.08 Å². The molecule has 178 valence electrons. The highest BCUT2D eigenvalue weighted by Gasteiger charge is 2.37. The number of aliphatic hydroxyl groups excluding tert-OH is 1. The fraction of sp³-hybridized carbons (Fsp3) is 0.583. The molecule has 1 heterocycles. The van der Waals surface area contributed by atoms with E-state index < -0.39 is 16.3 Å². The third-order valence-corrected chi connectivity index (χ3v) is 8.81. The first kappa shape index (κ1) is 25.2. The number of sulfonamides is 1. The molecule has 0 amide bonds. The highest BCUT2D eigenvalue weighted by Crippen LogP contribution is 2.42. The van der Waals surface area contributed by atoms with Crippen LogP contribution < -0.4 is 0 Å². The summed E-state index contributed by atoms with van der Waals surface area (Å²) in [5, 5.41) is 18.2. The molecule has 3 rings (SSSR count). The van der Waals surface area contributed by atoms with E-state index in [1.54, 1.807) is 24.4 Å². The van der Waals surface area contributed by atoms with Crippen LogP contribution in [-0.2, 0) is 10.0 Å². The predicted octanol–water partition coefficient (Wildman–Crippen LogP) is 5.20. The second kappa shape index (κ2) is 11.1. The topological polar surface area (TPSA) is 77.8 Å². The van der Waals surface area contributed by atoms with E-state index in [2.05, 4.69) is 6.58 Å². The smallest absolute Gasteiger partial charge is 0.259 e. The molecule has 3 unspecified atom stereocenters. The van der Waals surface area contributed by atoms with Gasteiger partial charge in [-0.25, -0.2) is 12.8 Å². The summed E-state index contributed by atoms with van der Waals surface area (Å²) in [4.78, 5) is 0.347. The lowest BCUT2D eigenvalue weighted by Crippen LogP contribution is -2.34. The number of nitrogens with zero attached hydrogens (tertiary/aromatic N) is 1. The van der Waals surface area contributed by atoms with Crippen molar-refractivity contribution < 1.29 is 23.0 Å². The van der Waals surface area contributed by atoms with E-state index in [-0.39, 0.29) is 36.0 Å². The zero-order valence-corrected chi connectivity index (χ0v) is 19.9. The van der Waals surface area contributed by atoms with Crippen molar-refractivity contribution >= 4 is 21.6 Å². The Kier molecular flexibility index (Phi) is 8.78. The van der Waals surface area contributed by atoms with Crippen LogP contribution in [0.25, 0.3) is 0 Å². The minimum atomic E-state index is -3.76. The lowest BCUT2D eigenvalue weighted by atomic mass is 9.81. The molecule has 0 radical (unpaired) electrons. The van der Waals surface area contributed by atoms with Crippen molar-refractivity contribution in [1.82, 2.24) is 4.31 Å². The maximum atomic E-state index is 14.6. The molecule has 2 aliphatic carbocycles. The molecule has 5 nitrogen and oxygen atoms in total. The average molecular weight is 486 g/mol. The SMILES string of the molecule is C=C/C=C\CC1CC(CCC(O)O)=CN1S(=O)(=O)C1=CCCC(C2=C(F)CC(Cl)CC2)C1. The van der Waals surface area contributed by atoms with Gasteiger partial charge in [0.15, 0.2) is 6.29 Å². The number of allylic oxidation sites excluding steroid dienone is 6. The minimum absolute atomic E-state index is 0.108. The number of hydrogen-bond donors (Lipinski definition) is 2. The van der Waals surface area contributed by atoms with E-state index in [0.29, 0.717) is 43.4 Å². The molecule has 0 saturated carbocycles. The summed E-state index contributed by atoms with van der Waals surface area (Å²) in [5.74, 6) is -0.276. The van der Waals surface area contributed by atoms with E-state index >= 15 is 0 Å². The maximum Gasteiger partial charge on any atom is 0.259 e. The van der Waals surface area contributed by atoms with Crippen LogP contribution in [0.2, 0.25) is 0 Å². The van der Waals surface area contributed by atoms with Gasteiger partial charge >= 0.3 is 0 Å². The van der Waals surface area contributed by atoms with Crippen LogP contribution in [0.4, 0.5) is 4.39 Å². The Morgan fingerprint density at radius 2 is 2.06 bits per heavy atom. The van der Waals surface area contributed by atoms with Crippen molar-refractivity contribution in [1.29, 1.82) is 0 Å². The number of aliphatic hydroxyl groups is 2. The Bertz CT molecular complexity index is 922. The average Bonchev–Trinajstić information content (AvgIpc) is 3.16. The van der Waals surface area contributed by atoms with Crippen LogP contribution in [0, 0.1) is 5.92 Å². The summed E-state index contributed by atoms with van der Waals surface area (Å²) in [6.07, 6.45) is 12.2.